The quantitative estimate of drug-likeness (QED) is 0.567. The van der Waals surface area contributed by atoms with Gasteiger partial charge in [0.25, 0.3) is 5.56 Å². The zero-order valence-electron chi connectivity index (χ0n) is 12.3. The van der Waals surface area contributed by atoms with Crippen LogP contribution in [-0.4, -0.2) is 22.0 Å². The maximum Gasteiger partial charge on any atom is 0.282 e. The predicted molar refractivity (Wildman–Crippen MR) is 93.5 cm³/mol. The number of aromatic nitrogens is 3. The number of hydrogen-bond acceptors (Lipinski definition) is 6. The molecule has 0 N–H and O–H groups in total. The third-order valence-electron chi connectivity index (χ3n) is 3.65. The molecule has 0 saturated carbocycles. The Kier molecular flexibility index (Phi) is 3.24. The van der Waals surface area contributed by atoms with Crippen LogP contribution in [0.1, 0.15) is 0 Å². The Balaban J connectivity index is 1.84. The zero-order valence-corrected chi connectivity index (χ0v) is 13.1. The van der Waals surface area contributed by atoms with E-state index in [0.29, 0.717) is 15.3 Å². The maximum absolute atomic E-state index is 12.2. The number of nitrogens with zero attached hydrogens (tertiary/aromatic N) is 4. The first-order chi connectivity index (χ1) is 11.2. The van der Waals surface area contributed by atoms with Gasteiger partial charge >= 0.3 is 0 Å². The molecule has 0 spiro atoms. The second-order valence-electron chi connectivity index (χ2n) is 5.10. The van der Waals surface area contributed by atoms with E-state index in [0.717, 1.165) is 16.6 Å². The van der Waals surface area contributed by atoms with Gasteiger partial charge in [-0.05, 0) is 36.4 Å². The van der Waals surface area contributed by atoms with Crippen LogP contribution in [-0.2, 0) is 0 Å². The molecule has 0 bridgehead atoms. The third kappa shape index (κ3) is 2.43. The molecule has 0 saturated heterocycles. The van der Waals surface area contributed by atoms with E-state index in [9.17, 15) is 4.79 Å². The Morgan fingerprint density at radius 3 is 2.78 bits per heavy atom. The molecule has 23 heavy (non-hydrogen) atoms. The molecule has 0 aliphatic carbocycles. The van der Waals surface area contributed by atoms with Gasteiger partial charge in [-0.2, -0.15) is 4.98 Å². The summed E-state index contributed by atoms with van der Waals surface area (Å²) < 4.78 is 0. The van der Waals surface area contributed by atoms with Crippen molar-refractivity contribution in [1.29, 1.82) is 0 Å². The van der Waals surface area contributed by atoms with Gasteiger partial charge in [-0.25, -0.2) is 4.98 Å². The van der Waals surface area contributed by atoms with Crippen LogP contribution in [0.3, 0.4) is 0 Å². The molecular weight excluding hydrogens is 308 g/mol. The number of benzene rings is 1. The van der Waals surface area contributed by atoms with Crippen molar-refractivity contribution < 1.29 is 0 Å². The lowest BCUT2D eigenvalue weighted by Crippen LogP contribution is -2.15. The number of hydrogen-bond donors (Lipinski definition) is 0. The fourth-order valence-electron chi connectivity index (χ4n) is 2.42. The van der Waals surface area contributed by atoms with E-state index < -0.39 is 0 Å². The SMILES string of the molecule is CN(c1ccc2ncccc2c1)c1nc(=O)c2cccnc2s1. The molecule has 0 atom stereocenters. The van der Waals surface area contributed by atoms with E-state index in [1.54, 1.807) is 24.5 Å². The van der Waals surface area contributed by atoms with E-state index in [2.05, 4.69) is 15.0 Å². The number of anilines is 2. The van der Waals surface area contributed by atoms with Crippen LogP contribution >= 0.6 is 11.3 Å². The van der Waals surface area contributed by atoms with Gasteiger partial charge in [0.05, 0.1) is 10.9 Å². The molecule has 0 fully saturated rings. The van der Waals surface area contributed by atoms with Gasteiger partial charge < -0.3 is 4.90 Å². The minimum atomic E-state index is -0.254. The van der Waals surface area contributed by atoms with Gasteiger partial charge in [0.2, 0.25) is 0 Å². The zero-order chi connectivity index (χ0) is 15.8. The summed E-state index contributed by atoms with van der Waals surface area (Å²) >= 11 is 1.40. The van der Waals surface area contributed by atoms with E-state index >= 15 is 0 Å². The van der Waals surface area contributed by atoms with Crippen LogP contribution in [0.15, 0.2) is 59.7 Å². The molecule has 5 nitrogen and oxygen atoms in total. The summed E-state index contributed by atoms with van der Waals surface area (Å²) in [7, 11) is 1.89. The van der Waals surface area contributed by atoms with Gasteiger partial charge in [-0.15, -0.1) is 0 Å². The molecule has 3 aromatic heterocycles. The highest BCUT2D eigenvalue weighted by molar-refractivity contribution is 7.21. The molecular formula is C17H12N4OS. The standard InChI is InChI=1S/C17H12N4OS/c1-21(12-6-7-14-11(10-12)4-2-8-18-14)17-20-15(22)13-5-3-9-19-16(13)23-17/h2-10H,1H3. The summed E-state index contributed by atoms with van der Waals surface area (Å²) in [5.41, 5.74) is 1.63. The van der Waals surface area contributed by atoms with Gasteiger partial charge in [0, 0.05) is 30.5 Å². The van der Waals surface area contributed by atoms with Gasteiger partial charge in [-0.1, -0.05) is 17.4 Å². The first-order valence-electron chi connectivity index (χ1n) is 7.07. The van der Waals surface area contributed by atoms with E-state index in [1.165, 1.54) is 11.3 Å². The summed E-state index contributed by atoms with van der Waals surface area (Å²) in [6, 6.07) is 13.4. The highest BCUT2D eigenvalue weighted by Crippen LogP contribution is 2.29. The van der Waals surface area contributed by atoms with Crippen molar-refractivity contribution >= 4 is 43.3 Å². The molecule has 112 valence electrons. The number of fused-ring (bicyclic) bond motifs is 2. The van der Waals surface area contributed by atoms with Crippen molar-refractivity contribution in [3.05, 3.63) is 65.2 Å². The minimum Gasteiger partial charge on any atom is -0.321 e. The Hall–Kier alpha value is -2.86. The lowest BCUT2D eigenvalue weighted by Gasteiger charge is -2.17. The monoisotopic (exact) mass is 320 g/mol. The Bertz CT molecular complexity index is 1080. The van der Waals surface area contributed by atoms with E-state index in [-0.39, 0.29) is 5.56 Å². The fourth-order valence-corrected chi connectivity index (χ4v) is 3.34. The Morgan fingerprint density at radius 2 is 1.87 bits per heavy atom. The highest BCUT2D eigenvalue weighted by Gasteiger charge is 2.11. The second-order valence-corrected chi connectivity index (χ2v) is 6.05. The van der Waals surface area contributed by atoms with Crippen molar-refractivity contribution in [2.24, 2.45) is 0 Å². The summed E-state index contributed by atoms with van der Waals surface area (Å²) in [5.74, 6) is 0. The van der Waals surface area contributed by atoms with Crippen LogP contribution in [0.4, 0.5) is 10.8 Å². The molecule has 1 aromatic carbocycles. The highest BCUT2D eigenvalue weighted by atomic mass is 32.1. The predicted octanol–water partition coefficient (Wildman–Crippen LogP) is 3.37. The Labute approximate surface area is 135 Å². The smallest absolute Gasteiger partial charge is 0.282 e. The van der Waals surface area contributed by atoms with E-state index in [1.807, 2.05) is 42.3 Å². The summed E-state index contributed by atoms with van der Waals surface area (Å²) in [6.07, 6.45) is 3.46. The molecule has 3 heterocycles. The summed E-state index contributed by atoms with van der Waals surface area (Å²) in [4.78, 5) is 27.5. The second kappa shape index (κ2) is 5.40. The van der Waals surface area contributed by atoms with Gasteiger partial charge in [0.15, 0.2) is 5.13 Å². The molecule has 0 aliphatic heterocycles. The van der Waals surface area contributed by atoms with Crippen LogP contribution in [0.25, 0.3) is 21.1 Å². The van der Waals surface area contributed by atoms with Crippen LogP contribution in [0.2, 0.25) is 0 Å². The molecule has 6 heteroatoms. The van der Waals surface area contributed by atoms with Crippen molar-refractivity contribution in [3.8, 4) is 0 Å². The van der Waals surface area contributed by atoms with Crippen molar-refractivity contribution in [2.75, 3.05) is 11.9 Å². The van der Waals surface area contributed by atoms with Crippen molar-refractivity contribution in [3.63, 3.8) is 0 Å². The van der Waals surface area contributed by atoms with E-state index in [4.69, 9.17) is 0 Å². The fraction of sp³-hybridized carbons (Fsp3) is 0.0588. The lowest BCUT2D eigenvalue weighted by atomic mass is 10.2. The average molecular weight is 320 g/mol. The molecule has 0 aliphatic rings. The summed E-state index contributed by atoms with van der Waals surface area (Å²) in [5, 5.41) is 2.21. The average Bonchev–Trinajstić information content (AvgIpc) is 2.60. The van der Waals surface area contributed by atoms with Gasteiger partial charge in [-0.3, -0.25) is 9.78 Å². The number of rotatable bonds is 2. The van der Waals surface area contributed by atoms with Crippen molar-refractivity contribution in [1.82, 2.24) is 15.0 Å². The first kappa shape index (κ1) is 13.8. The number of pyridine rings is 2. The minimum absolute atomic E-state index is 0.254. The Morgan fingerprint density at radius 1 is 1.04 bits per heavy atom. The molecule has 4 aromatic rings. The normalized spacial score (nSPS) is 11.0. The van der Waals surface area contributed by atoms with Gasteiger partial charge in [0.1, 0.15) is 4.83 Å². The van der Waals surface area contributed by atoms with Crippen LogP contribution in [0, 0.1) is 0 Å². The molecule has 0 radical (unpaired) electrons. The van der Waals surface area contributed by atoms with Crippen LogP contribution in [0.5, 0.6) is 0 Å². The lowest BCUT2D eigenvalue weighted by molar-refractivity contribution is 1.14. The largest absolute Gasteiger partial charge is 0.321 e. The van der Waals surface area contributed by atoms with Crippen molar-refractivity contribution in [2.45, 2.75) is 0 Å². The third-order valence-corrected chi connectivity index (χ3v) is 4.71. The maximum atomic E-state index is 12.2. The molecule has 0 unspecified atom stereocenters. The van der Waals surface area contributed by atoms with Crippen LogP contribution < -0.4 is 10.5 Å². The molecule has 0 amide bonds. The summed E-state index contributed by atoms with van der Waals surface area (Å²) in [6.45, 7) is 0. The molecule has 4 rings (SSSR count). The first-order valence-corrected chi connectivity index (χ1v) is 7.88. The topological polar surface area (TPSA) is 59.0 Å².